The molecule has 0 aromatic carbocycles. The van der Waals surface area contributed by atoms with Gasteiger partial charge < -0.3 is 16.5 Å². The minimum atomic E-state index is -0.653. The topological polar surface area (TPSA) is 36.9 Å². The molecule has 0 aromatic heterocycles. The van der Waals surface area contributed by atoms with E-state index in [0.717, 1.165) is 0 Å². The van der Waals surface area contributed by atoms with Gasteiger partial charge in [-0.05, 0) is 0 Å². The predicted molar refractivity (Wildman–Crippen MR) is 45.7 cm³/mol. The van der Waals surface area contributed by atoms with Crippen LogP contribution in [0.1, 0.15) is 0 Å². The second kappa shape index (κ2) is 7.81. The summed E-state index contributed by atoms with van der Waals surface area (Å²) < 4.78 is 20.4. The van der Waals surface area contributed by atoms with Crippen molar-refractivity contribution in [2.75, 3.05) is 0 Å². The minimum absolute atomic E-state index is 0. The van der Waals surface area contributed by atoms with E-state index in [1.54, 1.807) is 0 Å². The second-order valence-corrected chi connectivity index (χ2v) is 8.76. The average Bonchev–Trinajstić information content (AvgIpc) is 1.62. The van der Waals surface area contributed by atoms with Crippen LogP contribution >= 0.6 is 0 Å². The Bertz CT molecular complexity index is 36.5. The van der Waals surface area contributed by atoms with Crippen molar-refractivity contribution in [2.45, 2.75) is 0 Å². The van der Waals surface area contributed by atoms with Crippen LogP contribution in [0.3, 0.4) is 0 Å². The molecule has 0 N–H and O–H groups in total. The van der Waals surface area contributed by atoms with E-state index in [2.05, 4.69) is 0 Å². The van der Waals surface area contributed by atoms with Crippen LogP contribution in [0.5, 0.6) is 0 Å². The summed E-state index contributed by atoms with van der Waals surface area (Å²) >= 11 is 0. The van der Waals surface area contributed by atoms with Gasteiger partial charge in [0.2, 0.25) is 0 Å². The fourth-order valence-electron chi connectivity index (χ4n) is 0.372. The Hall–Kier alpha value is 1.71. The van der Waals surface area contributed by atoms with Crippen molar-refractivity contribution in [3.8, 4) is 0 Å². The maximum atomic E-state index is 5.10. The van der Waals surface area contributed by atoms with E-state index in [4.69, 9.17) is 16.5 Å². The van der Waals surface area contributed by atoms with Crippen molar-refractivity contribution in [3.05, 3.63) is 0 Å². The van der Waals surface area contributed by atoms with E-state index < -0.39 is 40.0 Å². The number of hydrogen-bond acceptors (Lipinski definition) is 4. The normalized spacial score (nSPS) is 32.0. The van der Waals surface area contributed by atoms with Gasteiger partial charge in [0.05, 0.1) is 0 Å². The van der Waals surface area contributed by atoms with Crippen LogP contribution in [0.15, 0.2) is 0 Å². The Morgan fingerprint density at radius 1 is 0.556 bits per heavy atom. The van der Waals surface area contributed by atoms with Gasteiger partial charge in [-0.25, -0.2) is 0 Å². The van der Waals surface area contributed by atoms with Gasteiger partial charge in [0.1, 0.15) is 0 Å². The average molecular weight is 208 g/mol. The molecule has 0 atom stereocenters. The summed E-state index contributed by atoms with van der Waals surface area (Å²) in [4.78, 5) is 0. The third-order valence-corrected chi connectivity index (χ3v) is 6.00. The summed E-state index contributed by atoms with van der Waals surface area (Å²) in [5.41, 5.74) is 0. The molecule has 1 aliphatic rings. The van der Waals surface area contributed by atoms with Crippen molar-refractivity contribution in [3.63, 3.8) is 0 Å². The van der Waals surface area contributed by atoms with E-state index >= 15 is 0 Å². The van der Waals surface area contributed by atoms with Gasteiger partial charge in [0, 0.05) is 0 Å². The van der Waals surface area contributed by atoms with E-state index in [1.165, 1.54) is 0 Å². The van der Waals surface area contributed by atoms with Crippen molar-refractivity contribution >= 4 is 69.6 Å². The third-order valence-electron chi connectivity index (χ3n) is 0.667. The van der Waals surface area contributed by atoms with Crippen LogP contribution in [0, 0.1) is 0 Å². The fraction of sp³-hybridized carbons (Fsp3) is 0. The summed E-state index contributed by atoms with van der Waals surface area (Å²) in [6.07, 6.45) is 0. The van der Waals surface area contributed by atoms with Gasteiger partial charge in [-0.1, -0.05) is 0 Å². The van der Waals surface area contributed by atoms with E-state index in [1.807, 2.05) is 0 Å². The second-order valence-electron chi connectivity index (χ2n) is 1.29. The first-order valence-corrected chi connectivity index (χ1v) is 6.93. The molecule has 0 radical (unpaired) electrons. The molecular weight excluding hydrogens is 199 g/mol. The van der Waals surface area contributed by atoms with Crippen LogP contribution in [-0.2, 0) is 16.5 Å². The molecule has 0 bridgehead atoms. The quantitative estimate of drug-likeness (QED) is 0.376. The van der Waals surface area contributed by atoms with Crippen LogP contribution in [0.4, 0.5) is 0 Å². The molecule has 1 rings (SSSR count). The van der Waals surface area contributed by atoms with Crippen LogP contribution in [-0.4, -0.2) is 69.6 Å². The zero-order chi connectivity index (χ0) is 5.66. The van der Waals surface area contributed by atoms with Gasteiger partial charge in [0.15, 0.2) is 0 Å². The molecule has 0 aliphatic carbocycles. The molecule has 9 heavy (non-hydrogen) atoms. The van der Waals surface area contributed by atoms with Gasteiger partial charge in [-0.15, -0.1) is 0 Å². The van der Waals surface area contributed by atoms with E-state index in [9.17, 15) is 0 Å². The summed E-state index contributed by atoms with van der Waals surface area (Å²) in [5.74, 6) is 0. The van der Waals surface area contributed by atoms with E-state index in [0.29, 0.717) is 0 Å². The Morgan fingerprint density at radius 3 is 1.00 bits per heavy atom. The molecule has 1 saturated heterocycles. The first kappa shape index (κ1) is 10.7. The first-order valence-electron chi connectivity index (χ1n) is 2.31. The van der Waals surface area contributed by atoms with Crippen LogP contribution < -0.4 is 0 Å². The van der Waals surface area contributed by atoms with Gasteiger partial charge in [-0.2, -0.15) is 0 Å². The molecule has 0 aromatic rings. The summed E-state index contributed by atoms with van der Waals surface area (Å²) in [7, 11) is -2.61. The molecular formula is H9NaO4Si4. The molecule has 0 amide bonds. The molecule has 1 aliphatic heterocycles. The predicted octanol–water partition coefficient (Wildman–Crippen LogP) is -4.59. The molecule has 1 fully saturated rings. The molecule has 0 unspecified atom stereocenters. The van der Waals surface area contributed by atoms with Crippen LogP contribution in [0.25, 0.3) is 0 Å². The zero-order valence-electron chi connectivity index (χ0n) is 4.46. The molecule has 0 spiro atoms. The Kier molecular flexibility index (Phi) is 9.29. The van der Waals surface area contributed by atoms with Crippen molar-refractivity contribution in [1.82, 2.24) is 0 Å². The summed E-state index contributed by atoms with van der Waals surface area (Å²) in [6.45, 7) is 0. The number of hydrogen-bond donors (Lipinski definition) is 0. The van der Waals surface area contributed by atoms with Crippen LogP contribution in [0.2, 0.25) is 0 Å². The van der Waals surface area contributed by atoms with E-state index in [-0.39, 0.29) is 29.6 Å². The Balaban J connectivity index is 0.000000640. The monoisotopic (exact) mass is 208 g/mol. The standard InChI is InChI=1S/Na.H8O4Si4.H/c;1-5-2-7-4-8-3-6-1;/h;5-8H2;. The summed E-state index contributed by atoms with van der Waals surface area (Å²) in [5, 5.41) is 0. The third kappa shape index (κ3) is 6.12. The fourth-order valence-corrected chi connectivity index (χ4v) is 7.59. The van der Waals surface area contributed by atoms with Gasteiger partial charge >= 0.3 is 29.6 Å². The number of rotatable bonds is 0. The van der Waals surface area contributed by atoms with Crippen molar-refractivity contribution < 1.29 is 16.5 Å². The van der Waals surface area contributed by atoms with Crippen molar-refractivity contribution in [1.29, 1.82) is 0 Å². The zero-order valence-corrected chi connectivity index (χ0v) is 10.1. The molecule has 9 heteroatoms. The molecule has 0 saturated carbocycles. The van der Waals surface area contributed by atoms with Gasteiger partial charge in [-0.3, -0.25) is 0 Å². The Labute approximate surface area is 85.5 Å². The Morgan fingerprint density at radius 2 is 0.778 bits per heavy atom. The molecule has 50 valence electrons. The van der Waals surface area contributed by atoms with Gasteiger partial charge in [0.25, 0.3) is 40.0 Å². The molecule has 4 nitrogen and oxygen atoms in total. The SMILES string of the molecule is O1[SiH2]O[SiH2]O[SiH2]O[SiH2]1.[NaH]. The first-order chi connectivity index (χ1) is 4.00. The summed E-state index contributed by atoms with van der Waals surface area (Å²) in [6, 6.07) is 0. The molecule has 1 heterocycles. The maximum absolute atomic E-state index is 5.10. The van der Waals surface area contributed by atoms with Crippen molar-refractivity contribution in [2.24, 2.45) is 0 Å².